The van der Waals surface area contributed by atoms with E-state index in [0.29, 0.717) is 22.9 Å². The van der Waals surface area contributed by atoms with Crippen LogP contribution in [0, 0.1) is 5.41 Å². The van der Waals surface area contributed by atoms with Crippen molar-refractivity contribution in [2.75, 3.05) is 17.9 Å². The molecule has 1 aliphatic rings. The Morgan fingerprint density at radius 3 is 2.74 bits per heavy atom. The molecule has 3 N–H and O–H groups in total. The van der Waals surface area contributed by atoms with Gasteiger partial charge in [0, 0.05) is 23.2 Å². The second-order valence-electron chi connectivity index (χ2n) is 8.23. The predicted octanol–water partition coefficient (Wildman–Crippen LogP) is 3.43. The number of methoxy groups -OCH3 is 1. The number of nitrogens with one attached hydrogen (secondary N) is 3. The van der Waals surface area contributed by atoms with E-state index in [0.717, 1.165) is 17.5 Å². The number of nitrogens with zero attached hydrogens (tertiary/aromatic N) is 5. The van der Waals surface area contributed by atoms with Crippen LogP contribution in [-0.4, -0.2) is 50.5 Å². The van der Waals surface area contributed by atoms with Crippen LogP contribution in [0.4, 0.5) is 11.5 Å². The van der Waals surface area contributed by atoms with Crippen LogP contribution < -0.4 is 10.7 Å². The van der Waals surface area contributed by atoms with Crippen molar-refractivity contribution in [2.45, 2.75) is 31.6 Å². The molecule has 4 rings (SSSR count). The van der Waals surface area contributed by atoms with Crippen LogP contribution in [0.1, 0.15) is 37.4 Å². The summed E-state index contributed by atoms with van der Waals surface area (Å²) in [4.78, 5) is 33.2. The lowest BCUT2D eigenvalue weighted by Gasteiger charge is -2.19. The molecule has 1 aliphatic carbocycles. The van der Waals surface area contributed by atoms with Crippen LogP contribution in [0.3, 0.4) is 0 Å². The van der Waals surface area contributed by atoms with Gasteiger partial charge in [0.2, 0.25) is 5.91 Å². The summed E-state index contributed by atoms with van der Waals surface area (Å²) >= 11 is 12.3. The molecule has 11 nitrogen and oxygen atoms in total. The molecular weight excluding hydrogens is 483 g/mol. The van der Waals surface area contributed by atoms with E-state index in [-0.39, 0.29) is 27.9 Å². The Hall–Kier alpha value is -3.57. The molecule has 3 aromatic rings. The van der Waals surface area contributed by atoms with Gasteiger partial charge in [0.05, 0.1) is 41.8 Å². The van der Waals surface area contributed by atoms with E-state index >= 15 is 0 Å². The molecule has 1 unspecified atom stereocenters. The Bertz CT molecular complexity index is 1350. The summed E-state index contributed by atoms with van der Waals surface area (Å²) in [7, 11) is 1.18. The third-order valence-corrected chi connectivity index (χ3v) is 5.92. The van der Waals surface area contributed by atoms with Crippen LogP contribution >= 0.6 is 23.2 Å². The third-order valence-electron chi connectivity index (χ3n) is 5.45. The number of pyridine rings is 1. The quantitative estimate of drug-likeness (QED) is 0.265. The summed E-state index contributed by atoms with van der Waals surface area (Å²) < 4.78 is 6.22. The Balaban J connectivity index is 1.55. The zero-order valence-electron chi connectivity index (χ0n) is 18.4. The van der Waals surface area contributed by atoms with Crippen LogP contribution in [0.2, 0.25) is 10.2 Å². The topological polar surface area (TPSA) is 147 Å². The number of ether oxygens (including phenoxy) is 1. The van der Waals surface area contributed by atoms with Crippen molar-refractivity contribution in [2.24, 2.45) is 5.10 Å². The monoisotopic (exact) mass is 502 g/mol. The number of carbonyl (C=O) groups excluding carboxylic acids is 2. The van der Waals surface area contributed by atoms with Crippen LogP contribution in [0.5, 0.6) is 0 Å². The molecule has 0 saturated carbocycles. The van der Waals surface area contributed by atoms with Gasteiger partial charge in [-0.1, -0.05) is 37.0 Å². The number of anilines is 2. The summed E-state index contributed by atoms with van der Waals surface area (Å²) in [6, 6.07) is 3.18. The number of aromatic nitrogens is 4. The van der Waals surface area contributed by atoms with Gasteiger partial charge in [-0.15, -0.1) is 0 Å². The first-order chi connectivity index (χ1) is 16.1. The minimum absolute atomic E-state index is 0.136. The first-order valence-electron chi connectivity index (χ1n) is 10.1. The van der Waals surface area contributed by atoms with E-state index in [1.807, 2.05) is 13.8 Å². The van der Waals surface area contributed by atoms with E-state index < -0.39 is 11.9 Å². The zero-order chi connectivity index (χ0) is 24.6. The van der Waals surface area contributed by atoms with Gasteiger partial charge in [-0.3, -0.25) is 10.2 Å². The molecule has 0 saturated heterocycles. The molecule has 0 spiro atoms. The number of amides is 1. The molecule has 34 heavy (non-hydrogen) atoms. The van der Waals surface area contributed by atoms with E-state index in [1.54, 1.807) is 16.8 Å². The standard InChI is InChI=1S/C21H20Cl2N8O3/c1-21(2)6-11(12-9-25-16-5-15(23)30-31(16)17(12)21)19(32)27-10-4-13(22)18(26-8-10)29-28-14(7-24)20(33)34-3/h4-5,7-9,11,24H,6H2,1-3H3,(H,26,29)(H,27,32)/b24-7?,28-14+. The summed E-state index contributed by atoms with van der Waals surface area (Å²) in [6.45, 7) is 4.09. The Kier molecular flexibility index (Phi) is 6.24. The maximum atomic E-state index is 13.2. The van der Waals surface area contributed by atoms with Gasteiger partial charge >= 0.3 is 5.97 Å². The molecule has 0 fully saturated rings. The van der Waals surface area contributed by atoms with E-state index in [1.165, 1.54) is 19.4 Å². The fourth-order valence-electron chi connectivity index (χ4n) is 3.97. The van der Waals surface area contributed by atoms with Gasteiger partial charge in [-0.05, 0) is 12.5 Å². The predicted molar refractivity (Wildman–Crippen MR) is 128 cm³/mol. The molecule has 0 aromatic carbocycles. The SMILES string of the molecule is COC(=O)/C(C=N)=N/Nc1ncc(NC(=O)C2CC(C)(C)c3c2cnc2cc(Cl)nn32)cc1Cl. The molecule has 0 aliphatic heterocycles. The van der Waals surface area contributed by atoms with Crippen molar-refractivity contribution in [3.05, 3.63) is 46.0 Å². The Morgan fingerprint density at radius 2 is 2.06 bits per heavy atom. The van der Waals surface area contributed by atoms with Crippen LogP contribution in [-0.2, 0) is 19.7 Å². The minimum atomic E-state index is -0.786. The number of esters is 1. The highest BCUT2D eigenvalue weighted by Gasteiger charge is 2.43. The number of carbonyl (C=O) groups is 2. The number of rotatable bonds is 6. The first kappa shape index (κ1) is 23.6. The Morgan fingerprint density at radius 1 is 1.29 bits per heavy atom. The van der Waals surface area contributed by atoms with Gasteiger partial charge in [-0.25, -0.2) is 19.3 Å². The summed E-state index contributed by atoms with van der Waals surface area (Å²) in [5.74, 6) is -1.34. The lowest BCUT2D eigenvalue weighted by atomic mass is 9.88. The number of halogens is 2. The third kappa shape index (κ3) is 4.31. The van der Waals surface area contributed by atoms with Crippen molar-refractivity contribution in [3.63, 3.8) is 0 Å². The average molecular weight is 503 g/mol. The summed E-state index contributed by atoms with van der Waals surface area (Å²) in [6.07, 6.45) is 4.39. The molecule has 3 heterocycles. The largest absolute Gasteiger partial charge is 0.464 e. The van der Waals surface area contributed by atoms with E-state index in [4.69, 9.17) is 28.6 Å². The number of hydrogen-bond donors (Lipinski definition) is 3. The van der Waals surface area contributed by atoms with E-state index in [2.05, 4.69) is 35.6 Å². The maximum absolute atomic E-state index is 13.2. The molecule has 3 aromatic heterocycles. The molecule has 1 atom stereocenters. The number of hydrazone groups is 1. The summed E-state index contributed by atoms with van der Waals surface area (Å²) in [5.41, 5.74) is 4.59. The molecule has 0 radical (unpaired) electrons. The Labute approximate surface area is 204 Å². The zero-order valence-corrected chi connectivity index (χ0v) is 19.9. The first-order valence-corrected chi connectivity index (χ1v) is 10.8. The van der Waals surface area contributed by atoms with Crippen molar-refractivity contribution in [3.8, 4) is 0 Å². The second-order valence-corrected chi connectivity index (χ2v) is 9.02. The number of fused-ring (bicyclic) bond motifs is 3. The highest BCUT2D eigenvalue weighted by atomic mass is 35.5. The van der Waals surface area contributed by atoms with Gasteiger partial charge in [0.15, 0.2) is 22.3 Å². The van der Waals surface area contributed by atoms with Crippen molar-refractivity contribution < 1.29 is 14.3 Å². The molecule has 13 heteroatoms. The molecular formula is C21H20Cl2N8O3. The van der Waals surface area contributed by atoms with Crippen LogP contribution in [0.25, 0.3) is 5.65 Å². The van der Waals surface area contributed by atoms with Crippen molar-refractivity contribution in [1.82, 2.24) is 19.6 Å². The second kappa shape index (κ2) is 8.99. The fraction of sp³-hybridized carbons (Fsp3) is 0.286. The highest BCUT2D eigenvalue weighted by molar-refractivity contribution is 6.58. The smallest absolute Gasteiger partial charge is 0.360 e. The van der Waals surface area contributed by atoms with Gasteiger partial charge in [0.25, 0.3) is 0 Å². The minimum Gasteiger partial charge on any atom is -0.464 e. The average Bonchev–Trinajstić information content (AvgIpc) is 3.30. The fourth-order valence-corrected chi connectivity index (χ4v) is 4.36. The van der Waals surface area contributed by atoms with Gasteiger partial charge in [-0.2, -0.15) is 10.2 Å². The van der Waals surface area contributed by atoms with Crippen LogP contribution in [0.15, 0.2) is 29.6 Å². The van der Waals surface area contributed by atoms with Gasteiger partial charge < -0.3 is 15.5 Å². The lowest BCUT2D eigenvalue weighted by molar-refractivity contribution is -0.132. The molecule has 176 valence electrons. The molecule has 0 bridgehead atoms. The lowest BCUT2D eigenvalue weighted by Crippen LogP contribution is -2.21. The van der Waals surface area contributed by atoms with Crippen molar-refractivity contribution in [1.29, 1.82) is 5.41 Å². The number of hydrogen-bond acceptors (Lipinski definition) is 9. The van der Waals surface area contributed by atoms with E-state index in [9.17, 15) is 9.59 Å². The maximum Gasteiger partial charge on any atom is 0.360 e. The normalized spacial score (nSPS) is 16.7. The van der Waals surface area contributed by atoms with Gasteiger partial charge in [0.1, 0.15) is 0 Å². The van der Waals surface area contributed by atoms with Crippen molar-refractivity contribution >= 4 is 64.2 Å². The molecule has 1 amide bonds. The summed E-state index contributed by atoms with van der Waals surface area (Å²) in [5, 5.41) is 18.6. The highest BCUT2D eigenvalue weighted by Crippen LogP contribution is 2.46.